The van der Waals surface area contributed by atoms with Crippen molar-refractivity contribution in [3.63, 3.8) is 0 Å². The quantitative estimate of drug-likeness (QED) is 0.703. The van der Waals surface area contributed by atoms with Crippen molar-refractivity contribution in [3.8, 4) is 0 Å². The molecule has 0 unspecified atom stereocenters. The molecule has 1 aromatic heterocycles. The van der Waals surface area contributed by atoms with Crippen molar-refractivity contribution in [1.29, 1.82) is 0 Å². The fourth-order valence-electron chi connectivity index (χ4n) is 0.799. The van der Waals surface area contributed by atoms with Crippen molar-refractivity contribution in [2.75, 3.05) is 5.32 Å². The zero-order valence-corrected chi connectivity index (χ0v) is 7.12. The van der Waals surface area contributed by atoms with Crippen molar-refractivity contribution in [1.82, 2.24) is 4.98 Å². The summed E-state index contributed by atoms with van der Waals surface area (Å²) in [5.74, 6) is -1.38. The van der Waals surface area contributed by atoms with Crippen LogP contribution in [0, 0.1) is 6.92 Å². The largest absolute Gasteiger partial charge is 0.476 e. The van der Waals surface area contributed by atoms with Crippen molar-refractivity contribution in [2.24, 2.45) is 0 Å². The first-order chi connectivity index (χ1) is 6.00. The number of nitrogens with one attached hydrogen (secondary N) is 1. The molecule has 1 rings (SSSR count). The number of amides is 1. The highest BCUT2D eigenvalue weighted by Crippen LogP contribution is 2.13. The third-order valence-electron chi connectivity index (χ3n) is 1.28. The molecule has 0 atom stereocenters. The molecule has 6 nitrogen and oxygen atoms in total. The molecule has 0 aliphatic rings. The van der Waals surface area contributed by atoms with E-state index in [-0.39, 0.29) is 23.4 Å². The molecule has 0 spiro atoms. The van der Waals surface area contributed by atoms with Crippen LogP contribution in [0.5, 0.6) is 0 Å². The van der Waals surface area contributed by atoms with Crippen molar-refractivity contribution < 1.29 is 19.1 Å². The number of aromatic carboxylic acids is 1. The number of nitrogens with zero attached hydrogens (tertiary/aromatic N) is 1. The van der Waals surface area contributed by atoms with Crippen LogP contribution < -0.4 is 5.32 Å². The molecule has 0 aliphatic heterocycles. The summed E-state index contributed by atoms with van der Waals surface area (Å²) in [5.41, 5.74) is -0.191. The van der Waals surface area contributed by atoms with E-state index in [0.717, 1.165) is 0 Å². The van der Waals surface area contributed by atoms with Gasteiger partial charge in [-0.1, -0.05) is 0 Å². The van der Waals surface area contributed by atoms with E-state index in [9.17, 15) is 9.59 Å². The van der Waals surface area contributed by atoms with Gasteiger partial charge in [0.15, 0.2) is 5.69 Å². The van der Waals surface area contributed by atoms with Gasteiger partial charge >= 0.3 is 12.0 Å². The van der Waals surface area contributed by atoms with E-state index in [0.29, 0.717) is 0 Å². The number of aryl methyl sites for hydroxylation is 1. The Morgan fingerprint density at radius 2 is 2.15 bits per heavy atom. The Morgan fingerprint density at radius 3 is 2.54 bits per heavy atom. The van der Waals surface area contributed by atoms with Crippen molar-refractivity contribution >= 4 is 17.9 Å². The molecule has 0 saturated heterocycles. The first-order valence-corrected chi connectivity index (χ1v) is 3.49. The molecule has 0 bridgehead atoms. The smallest absolute Gasteiger partial charge is 0.358 e. The second kappa shape index (κ2) is 3.26. The molecule has 2 N–H and O–H groups in total. The summed E-state index contributed by atoms with van der Waals surface area (Å²) >= 11 is 0. The van der Waals surface area contributed by atoms with Crippen LogP contribution in [0.25, 0.3) is 0 Å². The number of aromatic nitrogens is 1. The molecular formula is C7H8N2O4. The van der Waals surface area contributed by atoms with Gasteiger partial charge in [0.1, 0.15) is 5.76 Å². The van der Waals surface area contributed by atoms with Gasteiger partial charge in [-0.2, -0.15) is 4.98 Å². The summed E-state index contributed by atoms with van der Waals surface area (Å²) in [6, 6.07) is -0.0950. The van der Waals surface area contributed by atoms with E-state index >= 15 is 0 Å². The number of carbonyl (C=O) groups excluding carboxylic acids is 1. The second-order valence-electron chi connectivity index (χ2n) is 2.41. The Kier molecular flexibility index (Phi) is 2.32. The van der Waals surface area contributed by atoms with Gasteiger partial charge in [0.05, 0.1) is 0 Å². The maximum atomic E-state index is 10.5. The molecule has 70 valence electrons. The van der Waals surface area contributed by atoms with Crippen LogP contribution in [0.1, 0.15) is 23.2 Å². The molecule has 0 saturated carbocycles. The molecule has 13 heavy (non-hydrogen) atoms. The average molecular weight is 184 g/mol. The second-order valence-corrected chi connectivity index (χ2v) is 2.41. The maximum Gasteiger partial charge on any atom is 0.358 e. The number of anilines is 1. The predicted molar refractivity (Wildman–Crippen MR) is 42.5 cm³/mol. The molecule has 0 aliphatic carbocycles. The average Bonchev–Trinajstić information content (AvgIpc) is 2.29. The third-order valence-corrected chi connectivity index (χ3v) is 1.28. The highest BCUT2D eigenvalue weighted by atomic mass is 16.4. The predicted octanol–water partition coefficient (Wildman–Crippen LogP) is 0.640. The van der Waals surface area contributed by atoms with Gasteiger partial charge in [0, 0.05) is 6.92 Å². The molecule has 1 amide bonds. The SMILES string of the molecule is CC(=O)Nc1nc(C(=O)O)c(C)o1. The van der Waals surface area contributed by atoms with Crippen LogP contribution in [-0.4, -0.2) is 22.0 Å². The molecule has 1 aromatic rings. The minimum absolute atomic E-state index is 0.0950. The van der Waals surface area contributed by atoms with Gasteiger partial charge in [0.25, 0.3) is 0 Å². The fraction of sp³-hybridized carbons (Fsp3) is 0.286. The number of rotatable bonds is 2. The van der Waals surface area contributed by atoms with E-state index in [1.807, 2.05) is 0 Å². The monoisotopic (exact) mass is 184 g/mol. The summed E-state index contributed by atoms with van der Waals surface area (Å²) in [7, 11) is 0. The van der Waals surface area contributed by atoms with Gasteiger partial charge in [-0.3, -0.25) is 10.1 Å². The molecule has 0 aromatic carbocycles. The van der Waals surface area contributed by atoms with Crippen LogP contribution in [0.2, 0.25) is 0 Å². The summed E-state index contributed by atoms with van der Waals surface area (Å²) in [6.07, 6.45) is 0. The Balaban J connectivity index is 2.95. The molecule has 6 heteroatoms. The lowest BCUT2D eigenvalue weighted by Gasteiger charge is -1.90. The molecule has 0 radical (unpaired) electrons. The number of carbonyl (C=O) groups is 2. The number of hydrogen-bond acceptors (Lipinski definition) is 4. The minimum atomic E-state index is -1.18. The molecular weight excluding hydrogens is 176 g/mol. The highest BCUT2D eigenvalue weighted by molar-refractivity contribution is 5.89. The lowest BCUT2D eigenvalue weighted by Crippen LogP contribution is -2.06. The third kappa shape index (κ3) is 2.05. The van der Waals surface area contributed by atoms with E-state index in [2.05, 4.69) is 10.3 Å². The van der Waals surface area contributed by atoms with E-state index in [1.54, 1.807) is 0 Å². The first-order valence-electron chi connectivity index (χ1n) is 3.49. The van der Waals surface area contributed by atoms with E-state index < -0.39 is 5.97 Å². The topological polar surface area (TPSA) is 92.4 Å². The lowest BCUT2D eigenvalue weighted by atomic mass is 10.4. The summed E-state index contributed by atoms with van der Waals surface area (Å²) in [4.78, 5) is 24.6. The van der Waals surface area contributed by atoms with Gasteiger partial charge in [0.2, 0.25) is 5.91 Å². The maximum absolute atomic E-state index is 10.5. The Labute approximate surface area is 73.6 Å². The summed E-state index contributed by atoms with van der Waals surface area (Å²) < 4.78 is 4.86. The molecule has 1 heterocycles. The van der Waals surface area contributed by atoms with Gasteiger partial charge in [-0.25, -0.2) is 4.79 Å². The fourth-order valence-corrected chi connectivity index (χ4v) is 0.799. The van der Waals surface area contributed by atoms with Crippen molar-refractivity contribution in [3.05, 3.63) is 11.5 Å². The van der Waals surface area contributed by atoms with Crippen LogP contribution in [0.4, 0.5) is 6.01 Å². The number of oxazole rings is 1. The zero-order chi connectivity index (χ0) is 10.0. The number of hydrogen-bond donors (Lipinski definition) is 2. The zero-order valence-electron chi connectivity index (χ0n) is 7.12. The van der Waals surface area contributed by atoms with Crippen LogP contribution in [-0.2, 0) is 4.79 Å². The molecule has 0 fully saturated rings. The highest BCUT2D eigenvalue weighted by Gasteiger charge is 2.15. The van der Waals surface area contributed by atoms with Gasteiger partial charge in [-0.05, 0) is 6.92 Å². The van der Waals surface area contributed by atoms with Gasteiger partial charge in [-0.15, -0.1) is 0 Å². The van der Waals surface area contributed by atoms with Gasteiger partial charge < -0.3 is 9.52 Å². The van der Waals surface area contributed by atoms with E-state index in [4.69, 9.17) is 9.52 Å². The number of carboxylic acids is 1. The van der Waals surface area contributed by atoms with Crippen LogP contribution in [0.15, 0.2) is 4.42 Å². The number of carboxylic acid groups (broad SMARTS) is 1. The van der Waals surface area contributed by atoms with Crippen LogP contribution >= 0.6 is 0 Å². The standard InChI is InChI=1S/C7H8N2O4/c1-3-5(6(11)12)9-7(13-3)8-4(2)10/h1-2H3,(H,11,12)(H,8,9,10). The normalized spacial score (nSPS) is 9.69. The summed E-state index contributed by atoms with van der Waals surface area (Å²) in [5, 5.41) is 10.8. The first kappa shape index (κ1) is 9.24. The Morgan fingerprint density at radius 1 is 1.54 bits per heavy atom. The van der Waals surface area contributed by atoms with Crippen molar-refractivity contribution in [2.45, 2.75) is 13.8 Å². The Bertz CT molecular complexity index is 355. The van der Waals surface area contributed by atoms with E-state index in [1.165, 1.54) is 13.8 Å². The van der Waals surface area contributed by atoms with Crippen LogP contribution in [0.3, 0.4) is 0 Å². The minimum Gasteiger partial charge on any atom is -0.476 e. The lowest BCUT2D eigenvalue weighted by molar-refractivity contribution is -0.114. The summed E-state index contributed by atoms with van der Waals surface area (Å²) in [6.45, 7) is 2.74. The Hall–Kier alpha value is -1.85.